The lowest BCUT2D eigenvalue weighted by Crippen LogP contribution is -2.23. The fraction of sp³-hybridized carbons (Fsp3) is 0.364. The molecule has 1 aromatic rings. The lowest BCUT2D eigenvalue weighted by Gasteiger charge is -2.11. The molecule has 5 nitrogen and oxygen atoms in total. The summed E-state index contributed by atoms with van der Waals surface area (Å²) < 4.78 is 4.58. The van der Waals surface area contributed by atoms with Crippen LogP contribution in [0.1, 0.15) is 17.4 Å². The van der Waals surface area contributed by atoms with Crippen molar-refractivity contribution in [2.75, 3.05) is 18.2 Å². The van der Waals surface area contributed by atoms with Gasteiger partial charge in [0.15, 0.2) is 5.69 Å². The summed E-state index contributed by atoms with van der Waals surface area (Å²) in [5, 5.41) is 2.63. The summed E-state index contributed by atoms with van der Waals surface area (Å²) in [6.45, 7) is 1.75. The summed E-state index contributed by atoms with van der Waals surface area (Å²) >= 11 is 4.04. The van der Waals surface area contributed by atoms with E-state index in [-0.39, 0.29) is 17.5 Å². The van der Waals surface area contributed by atoms with Gasteiger partial charge in [0.1, 0.15) is 0 Å². The molecule has 0 fully saturated rings. The molecule has 0 saturated carbocycles. The number of pyridine rings is 1. The number of hydrogen-bond donors (Lipinski definition) is 2. The maximum atomic E-state index is 11.7. The van der Waals surface area contributed by atoms with Crippen LogP contribution in [0, 0.1) is 5.92 Å². The number of ether oxygens (including phenoxy) is 1. The Morgan fingerprint density at radius 1 is 1.59 bits per heavy atom. The van der Waals surface area contributed by atoms with Crippen LogP contribution in [0.25, 0.3) is 0 Å². The monoisotopic (exact) mass is 254 g/mol. The normalized spacial score (nSPS) is 11.7. The number of hydrogen-bond acceptors (Lipinski definition) is 5. The van der Waals surface area contributed by atoms with Gasteiger partial charge in [0.2, 0.25) is 5.91 Å². The van der Waals surface area contributed by atoms with E-state index in [1.807, 2.05) is 0 Å². The van der Waals surface area contributed by atoms with E-state index in [2.05, 4.69) is 27.7 Å². The van der Waals surface area contributed by atoms with E-state index in [4.69, 9.17) is 0 Å². The molecular weight excluding hydrogens is 240 g/mol. The first-order valence-electron chi connectivity index (χ1n) is 5.05. The van der Waals surface area contributed by atoms with Crippen molar-refractivity contribution in [3.05, 3.63) is 24.0 Å². The van der Waals surface area contributed by atoms with Gasteiger partial charge in [-0.3, -0.25) is 4.79 Å². The Labute approximate surface area is 105 Å². The third kappa shape index (κ3) is 3.45. The fourth-order valence-electron chi connectivity index (χ4n) is 1.10. The van der Waals surface area contributed by atoms with Crippen LogP contribution >= 0.6 is 12.6 Å². The number of anilines is 1. The molecule has 1 heterocycles. The average Bonchev–Trinajstić information content (AvgIpc) is 2.37. The standard InChI is InChI=1S/C11H14N2O3S/c1-7(6-17)10(14)13-8-4-3-5-12-9(8)11(15)16-2/h3-5,7,17H,6H2,1-2H3,(H,13,14). The molecule has 0 aliphatic rings. The minimum Gasteiger partial charge on any atom is -0.464 e. The van der Waals surface area contributed by atoms with Crippen LogP contribution in [0.4, 0.5) is 5.69 Å². The first-order valence-corrected chi connectivity index (χ1v) is 5.68. The van der Waals surface area contributed by atoms with Crippen LogP contribution in [-0.2, 0) is 9.53 Å². The largest absolute Gasteiger partial charge is 0.464 e. The van der Waals surface area contributed by atoms with E-state index in [0.717, 1.165) is 0 Å². The van der Waals surface area contributed by atoms with Crippen LogP contribution in [-0.4, -0.2) is 29.7 Å². The summed E-state index contributed by atoms with van der Waals surface area (Å²) in [5.41, 5.74) is 0.438. The Morgan fingerprint density at radius 3 is 2.88 bits per heavy atom. The van der Waals surface area contributed by atoms with Crippen molar-refractivity contribution in [2.24, 2.45) is 5.92 Å². The van der Waals surface area contributed by atoms with Gasteiger partial charge >= 0.3 is 5.97 Å². The van der Waals surface area contributed by atoms with Gasteiger partial charge in [-0.2, -0.15) is 12.6 Å². The molecule has 0 radical (unpaired) electrons. The Kier molecular flexibility index (Phi) is 4.96. The zero-order valence-corrected chi connectivity index (χ0v) is 10.5. The minimum atomic E-state index is -0.584. The number of nitrogens with one attached hydrogen (secondary N) is 1. The number of aromatic nitrogens is 1. The number of carbonyl (C=O) groups excluding carboxylic acids is 2. The first-order chi connectivity index (χ1) is 8.10. The van der Waals surface area contributed by atoms with Gasteiger partial charge < -0.3 is 10.1 Å². The quantitative estimate of drug-likeness (QED) is 0.629. The maximum absolute atomic E-state index is 11.7. The molecule has 0 aliphatic carbocycles. The molecular formula is C11H14N2O3S. The number of esters is 1. The van der Waals surface area contributed by atoms with E-state index in [9.17, 15) is 9.59 Å². The second-order valence-corrected chi connectivity index (χ2v) is 3.83. The average molecular weight is 254 g/mol. The van der Waals surface area contributed by atoms with Crippen molar-refractivity contribution >= 4 is 30.2 Å². The summed E-state index contributed by atoms with van der Waals surface area (Å²) in [4.78, 5) is 27.0. The number of thiol groups is 1. The van der Waals surface area contributed by atoms with Crippen molar-refractivity contribution in [1.29, 1.82) is 0 Å². The number of amides is 1. The fourth-order valence-corrected chi connectivity index (χ4v) is 1.27. The van der Waals surface area contributed by atoms with E-state index >= 15 is 0 Å². The smallest absolute Gasteiger partial charge is 0.358 e. The molecule has 0 spiro atoms. The third-order valence-corrected chi connectivity index (χ3v) is 2.71. The number of methoxy groups -OCH3 is 1. The Morgan fingerprint density at radius 2 is 2.29 bits per heavy atom. The minimum absolute atomic E-state index is 0.0923. The molecule has 1 amide bonds. The highest BCUT2D eigenvalue weighted by Gasteiger charge is 2.17. The summed E-state index contributed by atoms with van der Waals surface area (Å²) in [7, 11) is 1.26. The van der Waals surface area contributed by atoms with E-state index in [0.29, 0.717) is 11.4 Å². The highest BCUT2D eigenvalue weighted by Crippen LogP contribution is 2.14. The van der Waals surface area contributed by atoms with Gasteiger partial charge in [0.05, 0.1) is 12.8 Å². The van der Waals surface area contributed by atoms with Gasteiger partial charge in [-0.25, -0.2) is 9.78 Å². The van der Waals surface area contributed by atoms with E-state index in [1.165, 1.54) is 13.3 Å². The maximum Gasteiger partial charge on any atom is 0.358 e. The van der Waals surface area contributed by atoms with Crippen LogP contribution < -0.4 is 5.32 Å². The molecule has 0 bridgehead atoms. The third-order valence-electron chi connectivity index (χ3n) is 2.17. The predicted molar refractivity (Wildman–Crippen MR) is 67.2 cm³/mol. The van der Waals surface area contributed by atoms with Crippen molar-refractivity contribution in [2.45, 2.75) is 6.92 Å². The molecule has 17 heavy (non-hydrogen) atoms. The zero-order valence-electron chi connectivity index (χ0n) is 9.64. The molecule has 6 heteroatoms. The van der Waals surface area contributed by atoms with Crippen LogP contribution in [0.2, 0.25) is 0 Å². The van der Waals surface area contributed by atoms with Gasteiger partial charge in [0, 0.05) is 17.9 Å². The van der Waals surface area contributed by atoms with Crippen molar-refractivity contribution in [3.8, 4) is 0 Å². The Balaban J connectivity index is 2.91. The molecule has 0 aliphatic heterocycles. The van der Waals surface area contributed by atoms with Crippen LogP contribution in [0.3, 0.4) is 0 Å². The van der Waals surface area contributed by atoms with E-state index < -0.39 is 5.97 Å². The Hall–Kier alpha value is -1.56. The number of nitrogens with zero attached hydrogens (tertiary/aromatic N) is 1. The van der Waals surface area contributed by atoms with Gasteiger partial charge in [-0.05, 0) is 12.1 Å². The van der Waals surface area contributed by atoms with Crippen LogP contribution in [0.5, 0.6) is 0 Å². The van der Waals surface area contributed by atoms with Crippen molar-refractivity contribution in [3.63, 3.8) is 0 Å². The van der Waals surface area contributed by atoms with Crippen molar-refractivity contribution < 1.29 is 14.3 Å². The summed E-state index contributed by atoms with van der Waals surface area (Å²) in [5.74, 6) is -0.610. The Bertz CT molecular complexity index is 423. The second kappa shape index (κ2) is 6.24. The van der Waals surface area contributed by atoms with Gasteiger partial charge in [-0.1, -0.05) is 6.92 Å². The highest BCUT2D eigenvalue weighted by molar-refractivity contribution is 7.80. The lowest BCUT2D eigenvalue weighted by molar-refractivity contribution is -0.118. The molecule has 0 saturated heterocycles. The molecule has 1 rings (SSSR count). The molecule has 1 aromatic heterocycles. The van der Waals surface area contributed by atoms with Gasteiger partial charge in [0.25, 0.3) is 0 Å². The van der Waals surface area contributed by atoms with E-state index in [1.54, 1.807) is 19.1 Å². The molecule has 1 unspecified atom stereocenters. The van der Waals surface area contributed by atoms with Crippen LogP contribution in [0.15, 0.2) is 18.3 Å². The second-order valence-electron chi connectivity index (χ2n) is 3.46. The number of rotatable bonds is 4. The molecule has 92 valence electrons. The van der Waals surface area contributed by atoms with Gasteiger partial charge in [-0.15, -0.1) is 0 Å². The summed E-state index contributed by atoms with van der Waals surface area (Å²) in [6.07, 6.45) is 1.46. The lowest BCUT2D eigenvalue weighted by atomic mass is 10.2. The molecule has 1 N–H and O–H groups in total. The zero-order chi connectivity index (χ0) is 12.8. The highest BCUT2D eigenvalue weighted by atomic mass is 32.1. The predicted octanol–water partition coefficient (Wildman–Crippen LogP) is 1.37. The number of carbonyl (C=O) groups is 2. The molecule has 0 aromatic carbocycles. The summed E-state index contributed by atoms with van der Waals surface area (Å²) in [6, 6.07) is 3.23. The first kappa shape index (κ1) is 13.5. The SMILES string of the molecule is COC(=O)c1ncccc1NC(=O)C(C)CS. The van der Waals surface area contributed by atoms with Crippen molar-refractivity contribution in [1.82, 2.24) is 4.98 Å². The topological polar surface area (TPSA) is 68.3 Å². The molecule has 1 atom stereocenters.